The molecule has 4 nitrogen and oxygen atoms in total. The van der Waals surface area contributed by atoms with Crippen molar-refractivity contribution < 1.29 is 19.4 Å². The van der Waals surface area contributed by atoms with Gasteiger partial charge in [0.05, 0.1) is 19.1 Å². The minimum atomic E-state index is -0.775. The van der Waals surface area contributed by atoms with Crippen molar-refractivity contribution in [3.8, 4) is 0 Å². The highest BCUT2D eigenvalue weighted by Crippen LogP contribution is 2.12. The minimum absolute atomic E-state index is 0.0255. The van der Waals surface area contributed by atoms with Crippen LogP contribution < -0.4 is 0 Å². The third-order valence-electron chi connectivity index (χ3n) is 0.805. The summed E-state index contributed by atoms with van der Waals surface area (Å²) in [7, 11) is 0. The van der Waals surface area contributed by atoms with Gasteiger partial charge in [0, 0.05) is 0 Å². The van der Waals surface area contributed by atoms with Crippen molar-refractivity contribution in [2.24, 2.45) is 0 Å². The summed E-state index contributed by atoms with van der Waals surface area (Å²) in [5.41, 5.74) is 0. The van der Waals surface area contributed by atoms with E-state index in [9.17, 15) is 9.59 Å². The van der Waals surface area contributed by atoms with Crippen LogP contribution in [0.4, 0.5) is 0 Å². The average Bonchev–Trinajstić information content (AvgIpc) is 2.45. The Morgan fingerprint density at radius 1 is 1.55 bits per heavy atom. The second kappa shape index (κ2) is 4.85. The van der Waals surface area contributed by atoms with Crippen LogP contribution in [0.15, 0.2) is 0 Å². The van der Waals surface area contributed by atoms with Crippen LogP contribution in [0.1, 0.15) is 20.3 Å². The van der Waals surface area contributed by atoms with E-state index in [0.29, 0.717) is 6.61 Å². The fourth-order valence-corrected chi connectivity index (χ4v) is 0.381. The van der Waals surface area contributed by atoms with E-state index in [1.807, 2.05) is 0 Å². The maximum atomic E-state index is 9.77. The first-order valence-electron chi connectivity index (χ1n) is 3.33. The van der Waals surface area contributed by atoms with Crippen molar-refractivity contribution in [3.63, 3.8) is 0 Å². The Balaban J connectivity index is 0.000000218. The maximum Gasteiger partial charge on any atom is 0.306 e. The molecule has 64 valence electrons. The number of Topliss-reactive ketones (excluding diaryl/α,β-unsaturated/α-hetero) is 1. The second-order valence-electron chi connectivity index (χ2n) is 2.46. The molecule has 1 aliphatic heterocycles. The number of carboxylic acid groups (broad SMARTS) is 1. The average molecular weight is 160 g/mol. The Morgan fingerprint density at radius 2 is 1.91 bits per heavy atom. The smallest absolute Gasteiger partial charge is 0.306 e. The second-order valence-corrected chi connectivity index (χ2v) is 2.46. The molecule has 0 bridgehead atoms. The number of carboxylic acids is 1. The molecule has 0 aromatic heterocycles. The standard InChI is InChI=1S/C4H6O3.C3H6O/c5-4(6)1-3-2-7-3;1-3(2)4/h3H,1-2H2,(H,5,6);1-2H3. The molecule has 1 rings (SSSR count). The molecule has 0 saturated carbocycles. The number of hydrogen-bond donors (Lipinski definition) is 1. The zero-order chi connectivity index (χ0) is 8.85. The highest BCUT2D eigenvalue weighted by molar-refractivity contribution is 5.72. The van der Waals surface area contributed by atoms with E-state index < -0.39 is 5.97 Å². The molecule has 1 fully saturated rings. The van der Waals surface area contributed by atoms with Gasteiger partial charge < -0.3 is 14.6 Å². The van der Waals surface area contributed by atoms with Gasteiger partial charge in [0.15, 0.2) is 0 Å². The van der Waals surface area contributed by atoms with Crippen molar-refractivity contribution >= 4 is 11.8 Å². The summed E-state index contributed by atoms with van der Waals surface area (Å²) >= 11 is 0. The molecule has 1 heterocycles. The Bertz CT molecular complexity index is 145. The van der Waals surface area contributed by atoms with Crippen LogP contribution in [0, 0.1) is 0 Å². The summed E-state index contributed by atoms with van der Waals surface area (Å²) in [5.74, 6) is -0.609. The predicted octanol–water partition coefficient (Wildman–Crippen LogP) is 0.455. The lowest BCUT2D eigenvalue weighted by Crippen LogP contribution is -1.98. The first kappa shape index (κ1) is 10.1. The molecule has 11 heavy (non-hydrogen) atoms. The summed E-state index contributed by atoms with van der Waals surface area (Å²) in [6, 6.07) is 0. The van der Waals surface area contributed by atoms with E-state index >= 15 is 0 Å². The van der Waals surface area contributed by atoms with Crippen molar-refractivity contribution in [2.45, 2.75) is 26.4 Å². The largest absolute Gasteiger partial charge is 0.481 e. The van der Waals surface area contributed by atoms with Crippen LogP contribution in [0.3, 0.4) is 0 Å². The lowest BCUT2D eigenvalue weighted by atomic mass is 10.3. The Kier molecular flexibility index (Phi) is 4.45. The van der Waals surface area contributed by atoms with Crippen molar-refractivity contribution in [2.75, 3.05) is 6.61 Å². The molecule has 1 N–H and O–H groups in total. The number of hydrogen-bond acceptors (Lipinski definition) is 3. The first-order chi connectivity index (χ1) is 5.02. The third kappa shape index (κ3) is 12.3. The van der Waals surface area contributed by atoms with E-state index in [0.717, 1.165) is 0 Å². The fraction of sp³-hybridized carbons (Fsp3) is 0.714. The topological polar surface area (TPSA) is 66.9 Å². The number of carbonyl (C=O) groups excluding carboxylic acids is 1. The molecular formula is C7H12O4. The van der Waals surface area contributed by atoms with E-state index in [2.05, 4.69) is 4.74 Å². The molecule has 0 aromatic rings. The molecule has 4 heteroatoms. The van der Waals surface area contributed by atoms with Gasteiger partial charge in [-0.2, -0.15) is 0 Å². The van der Waals surface area contributed by atoms with Gasteiger partial charge in [-0.25, -0.2) is 0 Å². The minimum Gasteiger partial charge on any atom is -0.481 e. The Morgan fingerprint density at radius 3 is 2.00 bits per heavy atom. The van der Waals surface area contributed by atoms with Gasteiger partial charge in [0.25, 0.3) is 0 Å². The van der Waals surface area contributed by atoms with Crippen molar-refractivity contribution in [1.82, 2.24) is 0 Å². The summed E-state index contributed by atoms with van der Waals surface area (Å²) in [5, 5.41) is 8.04. The number of aliphatic carboxylic acids is 1. The molecule has 0 radical (unpaired) electrons. The Labute approximate surface area is 65.2 Å². The van der Waals surface area contributed by atoms with Crippen molar-refractivity contribution in [1.29, 1.82) is 0 Å². The quantitative estimate of drug-likeness (QED) is 0.596. The normalized spacial score (nSPS) is 19.6. The first-order valence-corrected chi connectivity index (χ1v) is 3.33. The molecule has 0 amide bonds. The number of ketones is 1. The van der Waals surface area contributed by atoms with Gasteiger partial charge >= 0.3 is 5.97 Å². The van der Waals surface area contributed by atoms with E-state index in [-0.39, 0.29) is 18.3 Å². The molecule has 0 aliphatic carbocycles. The van der Waals surface area contributed by atoms with Gasteiger partial charge in [0.2, 0.25) is 0 Å². The van der Waals surface area contributed by atoms with Crippen LogP contribution in [0.5, 0.6) is 0 Å². The SMILES string of the molecule is CC(C)=O.O=C(O)CC1CO1. The summed E-state index contributed by atoms with van der Waals surface area (Å²) < 4.78 is 4.64. The molecule has 0 spiro atoms. The highest BCUT2D eigenvalue weighted by atomic mass is 16.6. The molecule has 1 aliphatic rings. The van der Waals surface area contributed by atoms with Gasteiger partial charge in [-0.05, 0) is 13.8 Å². The molecule has 1 unspecified atom stereocenters. The van der Waals surface area contributed by atoms with Gasteiger partial charge in [-0.15, -0.1) is 0 Å². The summed E-state index contributed by atoms with van der Waals surface area (Å²) in [4.78, 5) is 19.2. The lowest BCUT2D eigenvalue weighted by molar-refractivity contribution is -0.137. The van der Waals surface area contributed by atoms with Crippen LogP contribution in [-0.4, -0.2) is 29.6 Å². The number of rotatable bonds is 2. The molecular weight excluding hydrogens is 148 g/mol. The molecule has 1 atom stereocenters. The zero-order valence-electron chi connectivity index (χ0n) is 6.66. The summed E-state index contributed by atoms with van der Waals surface area (Å²) in [6.45, 7) is 3.69. The predicted molar refractivity (Wildman–Crippen MR) is 38.3 cm³/mol. The third-order valence-corrected chi connectivity index (χ3v) is 0.805. The van der Waals surface area contributed by atoms with Crippen LogP contribution in [-0.2, 0) is 14.3 Å². The number of ether oxygens (including phenoxy) is 1. The molecule has 0 aromatic carbocycles. The van der Waals surface area contributed by atoms with E-state index in [4.69, 9.17) is 5.11 Å². The number of epoxide rings is 1. The van der Waals surface area contributed by atoms with Crippen LogP contribution >= 0.6 is 0 Å². The fourth-order valence-electron chi connectivity index (χ4n) is 0.381. The van der Waals surface area contributed by atoms with Gasteiger partial charge in [-0.1, -0.05) is 0 Å². The monoisotopic (exact) mass is 160 g/mol. The van der Waals surface area contributed by atoms with Crippen molar-refractivity contribution in [3.05, 3.63) is 0 Å². The van der Waals surface area contributed by atoms with E-state index in [1.54, 1.807) is 0 Å². The molecule has 1 saturated heterocycles. The lowest BCUT2D eigenvalue weighted by Gasteiger charge is -1.80. The maximum absolute atomic E-state index is 9.77. The van der Waals surface area contributed by atoms with Gasteiger partial charge in [-0.3, -0.25) is 4.79 Å². The number of carbonyl (C=O) groups is 2. The van der Waals surface area contributed by atoms with Gasteiger partial charge in [0.1, 0.15) is 5.78 Å². The Hall–Kier alpha value is -0.900. The van der Waals surface area contributed by atoms with E-state index in [1.165, 1.54) is 13.8 Å². The zero-order valence-corrected chi connectivity index (χ0v) is 6.66. The van der Waals surface area contributed by atoms with Crippen LogP contribution in [0.25, 0.3) is 0 Å². The summed E-state index contributed by atoms with van der Waals surface area (Å²) in [6.07, 6.45) is 0.192. The van der Waals surface area contributed by atoms with Crippen LogP contribution in [0.2, 0.25) is 0 Å². The highest BCUT2D eigenvalue weighted by Gasteiger charge is 2.24.